The number of carbonyl (C=O) groups is 2. The molecule has 0 atom stereocenters. The molecule has 10 heteroatoms. The van der Waals surface area contributed by atoms with Crippen LogP contribution >= 0.6 is 0 Å². The van der Waals surface area contributed by atoms with Crippen LogP contribution in [0.15, 0.2) is 41.6 Å². The van der Waals surface area contributed by atoms with E-state index in [0.29, 0.717) is 36.3 Å². The Hall–Kier alpha value is -3.27. The van der Waals surface area contributed by atoms with Crippen molar-refractivity contribution in [1.82, 2.24) is 20.1 Å². The number of pyridine rings is 1. The third-order valence-electron chi connectivity index (χ3n) is 5.91. The highest BCUT2D eigenvalue weighted by Gasteiger charge is 2.23. The molecule has 1 aliphatic carbocycles. The van der Waals surface area contributed by atoms with Gasteiger partial charge in [-0.2, -0.15) is 5.10 Å². The van der Waals surface area contributed by atoms with E-state index in [4.69, 9.17) is 0 Å². The highest BCUT2D eigenvalue weighted by molar-refractivity contribution is 7.90. The number of anilines is 1. The van der Waals surface area contributed by atoms with Gasteiger partial charge in [0.1, 0.15) is 5.78 Å². The maximum atomic E-state index is 13.1. The van der Waals surface area contributed by atoms with Crippen LogP contribution in [0.4, 0.5) is 5.69 Å². The minimum Gasteiger partial charge on any atom is -0.381 e. The van der Waals surface area contributed by atoms with Gasteiger partial charge in [-0.25, -0.2) is 18.1 Å². The monoisotopic (exact) mass is 469 g/mol. The van der Waals surface area contributed by atoms with Gasteiger partial charge < -0.3 is 10.6 Å². The lowest BCUT2D eigenvalue weighted by Crippen LogP contribution is -2.29. The van der Waals surface area contributed by atoms with Gasteiger partial charge in [0.15, 0.2) is 15.5 Å². The molecular weight excluding hydrogens is 442 g/mol. The fraction of sp³-hybridized carbons (Fsp3) is 0.391. The molecule has 0 unspecified atom stereocenters. The molecule has 0 radical (unpaired) electrons. The largest absolute Gasteiger partial charge is 0.381 e. The van der Waals surface area contributed by atoms with Gasteiger partial charge >= 0.3 is 0 Å². The van der Waals surface area contributed by atoms with Crippen LogP contribution in [-0.2, 0) is 27.7 Å². The van der Waals surface area contributed by atoms with E-state index in [1.165, 1.54) is 12.1 Å². The first-order chi connectivity index (χ1) is 15.8. The summed E-state index contributed by atoms with van der Waals surface area (Å²) in [5.41, 5.74) is 2.55. The number of sulfone groups is 1. The molecular formula is C23H27N5O4S. The van der Waals surface area contributed by atoms with Crippen molar-refractivity contribution in [2.45, 2.75) is 56.6 Å². The summed E-state index contributed by atoms with van der Waals surface area (Å²) in [6.45, 7) is 2.87. The van der Waals surface area contributed by atoms with Gasteiger partial charge in [-0.15, -0.1) is 0 Å². The van der Waals surface area contributed by atoms with Crippen molar-refractivity contribution < 1.29 is 18.0 Å². The van der Waals surface area contributed by atoms with E-state index in [-0.39, 0.29) is 29.2 Å². The molecule has 4 rings (SSSR count). The first-order valence-electron chi connectivity index (χ1n) is 11.0. The molecule has 0 aliphatic heterocycles. The van der Waals surface area contributed by atoms with Gasteiger partial charge in [0.25, 0.3) is 5.91 Å². The quantitative estimate of drug-likeness (QED) is 0.545. The van der Waals surface area contributed by atoms with Gasteiger partial charge in [0.2, 0.25) is 0 Å². The SMILES string of the molecule is CCn1ncc2c(NC3CCC(=O)CC3)c(C(=O)NCc3ccc(S(C)(=O)=O)cc3)cnc21. The zero-order valence-electron chi connectivity index (χ0n) is 18.7. The van der Waals surface area contributed by atoms with E-state index in [2.05, 4.69) is 20.7 Å². The zero-order chi connectivity index (χ0) is 23.6. The molecule has 2 aromatic heterocycles. The number of rotatable bonds is 7. The maximum Gasteiger partial charge on any atom is 0.255 e. The minimum absolute atomic E-state index is 0.0911. The van der Waals surface area contributed by atoms with Crippen molar-refractivity contribution in [3.05, 3.63) is 47.8 Å². The molecule has 1 amide bonds. The number of benzene rings is 1. The Kier molecular flexibility index (Phi) is 6.46. The fourth-order valence-corrected chi connectivity index (χ4v) is 4.64. The molecule has 0 bridgehead atoms. The van der Waals surface area contributed by atoms with E-state index in [9.17, 15) is 18.0 Å². The van der Waals surface area contributed by atoms with E-state index < -0.39 is 9.84 Å². The molecule has 1 saturated carbocycles. The number of nitrogens with zero attached hydrogens (tertiary/aromatic N) is 3. The van der Waals surface area contributed by atoms with Crippen molar-refractivity contribution in [3.8, 4) is 0 Å². The van der Waals surface area contributed by atoms with Gasteiger partial charge in [-0.3, -0.25) is 9.59 Å². The molecule has 0 spiro atoms. The Morgan fingerprint density at radius 1 is 1.15 bits per heavy atom. The molecule has 9 nitrogen and oxygen atoms in total. The topological polar surface area (TPSA) is 123 Å². The maximum absolute atomic E-state index is 13.1. The van der Waals surface area contributed by atoms with E-state index in [0.717, 1.165) is 30.0 Å². The Labute approximate surface area is 192 Å². The van der Waals surface area contributed by atoms with Crippen molar-refractivity contribution >= 4 is 38.2 Å². The number of Topliss-reactive ketones (excluding diaryl/α,β-unsaturated/α-hetero) is 1. The average molecular weight is 470 g/mol. The lowest BCUT2D eigenvalue weighted by Gasteiger charge is -2.24. The number of amides is 1. The van der Waals surface area contributed by atoms with Gasteiger partial charge in [0.05, 0.1) is 27.7 Å². The number of hydrogen-bond acceptors (Lipinski definition) is 7. The number of nitrogens with one attached hydrogen (secondary N) is 2. The van der Waals surface area contributed by atoms with E-state index >= 15 is 0 Å². The highest BCUT2D eigenvalue weighted by atomic mass is 32.2. The summed E-state index contributed by atoms with van der Waals surface area (Å²) < 4.78 is 25.0. The van der Waals surface area contributed by atoms with Crippen LogP contribution in [0.5, 0.6) is 0 Å². The zero-order valence-corrected chi connectivity index (χ0v) is 19.5. The molecule has 1 fully saturated rings. The van der Waals surface area contributed by atoms with Crippen molar-refractivity contribution in [2.75, 3.05) is 11.6 Å². The predicted octanol–water partition coefficient (Wildman–Crippen LogP) is 2.71. The second-order valence-electron chi connectivity index (χ2n) is 8.30. The minimum atomic E-state index is -3.27. The Bertz CT molecular complexity index is 1290. The molecule has 2 heterocycles. The molecule has 1 aliphatic rings. The van der Waals surface area contributed by atoms with Crippen molar-refractivity contribution in [2.24, 2.45) is 0 Å². The van der Waals surface area contributed by atoms with Crippen LogP contribution in [0.2, 0.25) is 0 Å². The second-order valence-corrected chi connectivity index (χ2v) is 10.3. The summed E-state index contributed by atoms with van der Waals surface area (Å²) in [5.74, 6) is -0.0261. The first kappa shape index (κ1) is 22.9. The van der Waals surface area contributed by atoms with Crippen molar-refractivity contribution in [3.63, 3.8) is 0 Å². The third-order valence-corrected chi connectivity index (χ3v) is 7.04. The second kappa shape index (κ2) is 9.30. The normalized spacial score (nSPS) is 15.0. The number of hydrogen-bond donors (Lipinski definition) is 2. The first-order valence-corrected chi connectivity index (χ1v) is 12.9. The van der Waals surface area contributed by atoms with Crippen LogP contribution in [-0.4, -0.2) is 47.2 Å². The summed E-state index contributed by atoms with van der Waals surface area (Å²) >= 11 is 0. The summed E-state index contributed by atoms with van der Waals surface area (Å²) in [6, 6.07) is 6.51. The number of aryl methyl sites for hydroxylation is 1. The third kappa shape index (κ3) is 5.05. The van der Waals surface area contributed by atoms with E-state index in [1.807, 2.05) is 6.92 Å². The number of aromatic nitrogens is 3. The molecule has 174 valence electrons. The van der Waals surface area contributed by atoms with Crippen LogP contribution < -0.4 is 10.6 Å². The van der Waals surface area contributed by atoms with Crippen LogP contribution in [0.25, 0.3) is 11.0 Å². The Morgan fingerprint density at radius 3 is 2.48 bits per heavy atom. The van der Waals surface area contributed by atoms with Crippen LogP contribution in [0.3, 0.4) is 0 Å². The smallest absolute Gasteiger partial charge is 0.255 e. The predicted molar refractivity (Wildman–Crippen MR) is 125 cm³/mol. The molecule has 1 aromatic carbocycles. The molecule has 33 heavy (non-hydrogen) atoms. The Balaban J connectivity index is 1.57. The summed E-state index contributed by atoms with van der Waals surface area (Å²) in [7, 11) is -3.27. The number of ketones is 1. The van der Waals surface area contributed by atoms with Gasteiger partial charge in [0, 0.05) is 44.4 Å². The lowest BCUT2D eigenvalue weighted by molar-refractivity contribution is -0.120. The summed E-state index contributed by atoms with van der Waals surface area (Å²) in [6.07, 6.45) is 6.93. The average Bonchev–Trinajstić information content (AvgIpc) is 3.22. The highest BCUT2D eigenvalue weighted by Crippen LogP contribution is 2.29. The Morgan fingerprint density at radius 2 is 1.85 bits per heavy atom. The molecule has 2 N–H and O–H groups in total. The van der Waals surface area contributed by atoms with E-state index in [1.54, 1.807) is 29.2 Å². The van der Waals surface area contributed by atoms with Crippen LogP contribution in [0.1, 0.15) is 48.5 Å². The number of fused-ring (bicyclic) bond motifs is 1. The van der Waals surface area contributed by atoms with Gasteiger partial charge in [-0.1, -0.05) is 12.1 Å². The molecule has 3 aromatic rings. The fourth-order valence-electron chi connectivity index (χ4n) is 4.01. The summed E-state index contributed by atoms with van der Waals surface area (Å²) in [4.78, 5) is 29.5. The lowest BCUT2D eigenvalue weighted by atomic mass is 9.94. The van der Waals surface area contributed by atoms with Crippen molar-refractivity contribution in [1.29, 1.82) is 0 Å². The standard InChI is InChI=1S/C23H27N5O4S/c1-3-28-22-19(14-26-28)21(27-16-6-8-17(29)9-7-16)20(13-24-22)23(30)25-12-15-4-10-18(11-5-15)33(2,31)32/h4-5,10-11,13-14,16H,3,6-9,12H2,1-2H3,(H,24,27)(H,25,30). The summed E-state index contributed by atoms with van der Waals surface area (Å²) in [5, 5.41) is 11.5. The van der Waals surface area contributed by atoms with Gasteiger partial charge in [-0.05, 0) is 37.5 Å². The number of carbonyl (C=O) groups excluding carboxylic acids is 2. The molecule has 0 saturated heterocycles. The van der Waals surface area contributed by atoms with Crippen LogP contribution in [0, 0.1) is 0 Å².